The number of hydrogen-bond acceptors (Lipinski definition) is 5. The number of tetrazole rings is 1. The Labute approximate surface area is 74.5 Å². The van der Waals surface area contributed by atoms with Crippen molar-refractivity contribution in [3.63, 3.8) is 0 Å². The lowest BCUT2D eigenvalue weighted by molar-refractivity contribution is -0.136. The molecular formula is C7H8N4O2. The van der Waals surface area contributed by atoms with Gasteiger partial charge in [-0.15, -0.1) is 15.0 Å². The summed E-state index contributed by atoms with van der Waals surface area (Å²) in [4.78, 5) is 12.0. The van der Waals surface area contributed by atoms with Crippen molar-refractivity contribution in [2.45, 2.75) is 0 Å². The van der Waals surface area contributed by atoms with E-state index < -0.39 is 5.97 Å². The minimum atomic E-state index is -0.475. The highest BCUT2D eigenvalue weighted by Gasteiger charge is 1.93. The Morgan fingerprint density at radius 3 is 3.15 bits per heavy atom. The highest BCUT2D eigenvalue weighted by atomic mass is 16.5. The van der Waals surface area contributed by atoms with Crippen molar-refractivity contribution in [2.75, 3.05) is 6.61 Å². The zero-order valence-electron chi connectivity index (χ0n) is 6.83. The van der Waals surface area contributed by atoms with Crippen molar-refractivity contribution in [2.24, 2.45) is 0 Å². The van der Waals surface area contributed by atoms with Crippen LogP contribution in [0.15, 0.2) is 25.1 Å². The average Bonchev–Trinajstić information content (AvgIpc) is 2.64. The van der Waals surface area contributed by atoms with E-state index in [0.717, 1.165) is 4.80 Å². The molecule has 1 aromatic rings. The lowest BCUT2D eigenvalue weighted by Gasteiger charge is -1.94. The number of rotatable bonds is 4. The average molecular weight is 180 g/mol. The van der Waals surface area contributed by atoms with Crippen LogP contribution in [0.25, 0.3) is 6.20 Å². The van der Waals surface area contributed by atoms with Crippen molar-refractivity contribution in [1.29, 1.82) is 0 Å². The summed E-state index contributed by atoms with van der Waals surface area (Å²) in [6, 6.07) is 0. The first-order valence-corrected chi connectivity index (χ1v) is 3.51. The maximum Gasteiger partial charge on any atom is 0.332 e. The summed E-state index contributed by atoms with van der Waals surface area (Å²) in [6.07, 6.45) is 5.29. The molecule has 0 aliphatic rings. The van der Waals surface area contributed by atoms with Gasteiger partial charge in [-0.1, -0.05) is 12.7 Å². The van der Waals surface area contributed by atoms with Gasteiger partial charge in [0.05, 0.1) is 6.20 Å². The molecule has 6 heteroatoms. The van der Waals surface area contributed by atoms with Crippen LogP contribution in [0.4, 0.5) is 0 Å². The predicted molar refractivity (Wildman–Crippen MR) is 44.3 cm³/mol. The van der Waals surface area contributed by atoms with E-state index >= 15 is 0 Å². The summed E-state index contributed by atoms with van der Waals surface area (Å²) < 4.78 is 4.66. The zero-order valence-corrected chi connectivity index (χ0v) is 6.83. The van der Waals surface area contributed by atoms with Gasteiger partial charge in [-0.3, -0.25) is 0 Å². The van der Waals surface area contributed by atoms with Crippen molar-refractivity contribution in [3.8, 4) is 0 Å². The number of hydrogen-bond donors (Lipinski definition) is 0. The summed E-state index contributed by atoms with van der Waals surface area (Å²) >= 11 is 0. The number of aromatic nitrogens is 4. The molecule has 0 bridgehead atoms. The fourth-order valence-electron chi connectivity index (χ4n) is 0.560. The second kappa shape index (κ2) is 4.81. The monoisotopic (exact) mass is 180 g/mol. The van der Waals surface area contributed by atoms with E-state index in [-0.39, 0.29) is 6.61 Å². The zero-order chi connectivity index (χ0) is 9.52. The van der Waals surface area contributed by atoms with E-state index in [0.29, 0.717) is 0 Å². The fourth-order valence-corrected chi connectivity index (χ4v) is 0.560. The van der Waals surface area contributed by atoms with Crippen molar-refractivity contribution >= 4 is 12.2 Å². The van der Waals surface area contributed by atoms with Gasteiger partial charge < -0.3 is 4.74 Å². The lowest BCUT2D eigenvalue weighted by atomic mass is 10.6. The molecule has 0 N–H and O–H groups in total. The Kier molecular flexibility index (Phi) is 3.37. The van der Waals surface area contributed by atoms with E-state index in [9.17, 15) is 4.79 Å². The van der Waals surface area contributed by atoms with Gasteiger partial charge >= 0.3 is 5.97 Å². The van der Waals surface area contributed by atoms with Crippen LogP contribution >= 0.6 is 0 Å². The third kappa shape index (κ3) is 3.28. The Morgan fingerprint density at radius 2 is 2.54 bits per heavy atom. The Balaban J connectivity index is 2.39. The van der Waals surface area contributed by atoms with E-state index in [1.54, 1.807) is 0 Å². The summed E-state index contributed by atoms with van der Waals surface area (Å²) in [5.41, 5.74) is 0. The maximum absolute atomic E-state index is 10.9. The number of esters is 1. The molecule has 0 aliphatic carbocycles. The normalized spacial score (nSPS) is 10.2. The van der Waals surface area contributed by atoms with Crippen LogP contribution in [0.3, 0.4) is 0 Å². The van der Waals surface area contributed by atoms with Gasteiger partial charge in [0, 0.05) is 6.08 Å². The molecule has 0 saturated carbocycles. The molecule has 1 heterocycles. The molecule has 0 fully saturated rings. The van der Waals surface area contributed by atoms with Crippen LogP contribution in [0, 0.1) is 0 Å². The summed E-state index contributed by atoms with van der Waals surface area (Å²) in [6.45, 7) is 3.59. The minimum Gasteiger partial charge on any atom is -0.458 e. The topological polar surface area (TPSA) is 69.9 Å². The number of carbonyl (C=O) groups is 1. The Hall–Kier alpha value is -1.98. The van der Waals surface area contributed by atoms with Gasteiger partial charge in [0.1, 0.15) is 6.61 Å². The summed E-state index contributed by atoms with van der Waals surface area (Å²) in [7, 11) is 0. The first-order valence-electron chi connectivity index (χ1n) is 3.51. The van der Waals surface area contributed by atoms with E-state index in [2.05, 4.69) is 26.7 Å². The van der Waals surface area contributed by atoms with Gasteiger partial charge in [-0.2, -0.15) is 0 Å². The summed E-state index contributed by atoms with van der Waals surface area (Å²) in [5.74, 6) is -0.475. The quantitative estimate of drug-likeness (QED) is 0.367. The fraction of sp³-hybridized carbons (Fsp3) is 0.143. The van der Waals surface area contributed by atoms with Crippen LogP contribution in [0.2, 0.25) is 0 Å². The van der Waals surface area contributed by atoms with Gasteiger partial charge in [0.15, 0.2) is 6.33 Å². The SMILES string of the molecule is C=CCOC(=O)C=Cn1ncnn1. The van der Waals surface area contributed by atoms with E-state index in [1.807, 2.05) is 0 Å². The van der Waals surface area contributed by atoms with Crippen LogP contribution in [-0.4, -0.2) is 32.8 Å². The van der Waals surface area contributed by atoms with Crippen molar-refractivity contribution < 1.29 is 9.53 Å². The molecule has 0 aliphatic heterocycles. The molecule has 13 heavy (non-hydrogen) atoms. The molecule has 1 aromatic heterocycles. The van der Waals surface area contributed by atoms with E-state index in [1.165, 1.54) is 24.7 Å². The van der Waals surface area contributed by atoms with E-state index in [4.69, 9.17) is 0 Å². The molecule has 0 unspecified atom stereocenters. The van der Waals surface area contributed by atoms with Gasteiger partial charge in [-0.25, -0.2) is 4.79 Å². The van der Waals surface area contributed by atoms with Crippen LogP contribution < -0.4 is 0 Å². The standard InChI is InChI=1S/C7H8N4O2/c1-2-5-13-7(12)3-4-11-9-6-8-10-11/h2-4,6H,1,5H2. The number of nitrogens with zero attached hydrogens (tertiary/aromatic N) is 4. The molecule has 0 spiro atoms. The lowest BCUT2D eigenvalue weighted by Crippen LogP contribution is -2.01. The van der Waals surface area contributed by atoms with Gasteiger partial charge in [0.25, 0.3) is 0 Å². The first-order chi connectivity index (χ1) is 6.33. The molecule has 0 amide bonds. The number of ether oxygens (including phenoxy) is 1. The third-order valence-electron chi connectivity index (χ3n) is 1.05. The molecule has 0 radical (unpaired) electrons. The predicted octanol–water partition coefficient (Wildman–Crippen LogP) is -0.127. The Morgan fingerprint density at radius 1 is 1.69 bits per heavy atom. The first kappa shape index (κ1) is 9.11. The molecule has 6 nitrogen and oxygen atoms in total. The molecule has 68 valence electrons. The van der Waals surface area contributed by atoms with Crippen LogP contribution in [0.1, 0.15) is 0 Å². The maximum atomic E-state index is 10.9. The molecular weight excluding hydrogens is 172 g/mol. The number of carbonyl (C=O) groups excluding carboxylic acids is 1. The molecule has 1 rings (SSSR count). The van der Waals surface area contributed by atoms with Crippen LogP contribution in [-0.2, 0) is 9.53 Å². The minimum absolute atomic E-state index is 0.188. The molecule has 0 saturated heterocycles. The Bertz CT molecular complexity index is 304. The summed E-state index contributed by atoms with van der Waals surface area (Å²) in [5, 5.41) is 10.6. The smallest absolute Gasteiger partial charge is 0.332 e. The third-order valence-corrected chi connectivity index (χ3v) is 1.05. The van der Waals surface area contributed by atoms with Crippen molar-refractivity contribution in [3.05, 3.63) is 25.1 Å². The van der Waals surface area contributed by atoms with Gasteiger partial charge in [0.2, 0.25) is 0 Å². The highest BCUT2D eigenvalue weighted by molar-refractivity contribution is 5.84. The second-order valence-corrected chi connectivity index (χ2v) is 1.99. The van der Waals surface area contributed by atoms with Gasteiger partial charge in [-0.05, 0) is 5.21 Å². The highest BCUT2D eigenvalue weighted by Crippen LogP contribution is 1.84. The second-order valence-electron chi connectivity index (χ2n) is 1.99. The largest absolute Gasteiger partial charge is 0.458 e. The molecule has 0 atom stereocenters. The van der Waals surface area contributed by atoms with Crippen molar-refractivity contribution in [1.82, 2.24) is 20.2 Å². The van der Waals surface area contributed by atoms with Crippen LogP contribution in [0.5, 0.6) is 0 Å². The molecule has 0 aromatic carbocycles.